The highest BCUT2D eigenvalue weighted by Crippen LogP contribution is 2.43. The maximum absolute atomic E-state index is 11.2. The molecule has 2 unspecified atom stereocenters. The first-order valence-corrected chi connectivity index (χ1v) is 8.29. The summed E-state index contributed by atoms with van der Waals surface area (Å²) in [6, 6.07) is 8.96. The number of benzene rings is 1. The zero-order valence-electron chi connectivity index (χ0n) is 13.6. The van der Waals surface area contributed by atoms with Crippen LogP contribution in [0.2, 0.25) is 0 Å². The Morgan fingerprint density at radius 3 is 2.36 bits per heavy atom. The molecule has 0 saturated carbocycles. The quantitative estimate of drug-likeness (QED) is 0.849. The van der Waals surface area contributed by atoms with Crippen LogP contribution in [0.15, 0.2) is 24.3 Å². The van der Waals surface area contributed by atoms with E-state index in [0.29, 0.717) is 25.3 Å². The lowest BCUT2D eigenvalue weighted by Crippen LogP contribution is -2.55. The molecule has 0 aromatic heterocycles. The minimum absolute atomic E-state index is 0.509. The smallest absolute Gasteiger partial charge is 0.119 e. The predicted octanol–water partition coefficient (Wildman–Crippen LogP) is 2.55. The Labute approximate surface area is 133 Å². The SMILES string of the molecule is COCCOc1ccc(C2(O)CC3CCCC(C2)N3C)cc1. The Morgan fingerprint density at radius 1 is 1.14 bits per heavy atom. The Morgan fingerprint density at radius 2 is 1.77 bits per heavy atom. The highest BCUT2D eigenvalue weighted by atomic mass is 16.5. The normalized spacial score (nSPS) is 32.0. The molecular weight excluding hydrogens is 278 g/mol. The van der Waals surface area contributed by atoms with Crippen LogP contribution >= 0.6 is 0 Å². The number of nitrogens with zero attached hydrogens (tertiary/aromatic N) is 1. The fourth-order valence-corrected chi connectivity index (χ4v) is 3.99. The van der Waals surface area contributed by atoms with Crippen LogP contribution in [-0.2, 0) is 10.3 Å². The maximum Gasteiger partial charge on any atom is 0.119 e. The van der Waals surface area contributed by atoms with Crippen LogP contribution in [0.3, 0.4) is 0 Å². The van der Waals surface area contributed by atoms with Gasteiger partial charge in [-0.2, -0.15) is 0 Å². The number of aliphatic hydroxyl groups is 1. The second-order valence-electron chi connectivity index (χ2n) is 6.71. The molecule has 2 bridgehead atoms. The molecule has 0 radical (unpaired) electrons. The number of methoxy groups -OCH3 is 1. The van der Waals surface area contributed by atoms with Crippen LogP contribution in [0.4, 0.5) is 0 Å². The van der Waals surface area contributed by atoms with Crippen molar-refractivity contribution >= 4 is 0 Å². The van der Waals surface area contributed by atoms with Crippen molar-refractivity contribution < 1.29 is 14.6 Å². The van der Waals surface area contributed by atoms with E-state index in [1.165, 1.54) is 19.3 Å². The molecule has 1 aromatic carbocycles. The van der Waals surface area contributed by atoms with E-state index in [1.807, 2.05) is 24.3 Å². The fraction of sp³-hybridized carbons (Fsp3) is 0.667. The molecule has 2 saturated heterocycles. The average Bonchev–Trinajstić information content (AvgIpc) is 2.50. The lowest BCUT2D eigenvalue weighted by Gasteiger charge is -2.50. The van der Waals surface area contributed by atoms with E-state index in [-0.39, 0.29) is 0 Å². The van der Waals surface area contributed by atoms with Gasteiger partial charge in [0, 0.05) is 19.2 Å². The van der Waals surface area contributed by atoms with Gasteiger partial charge in [0.05, 0.1) is 12.2 Å². The van der Waals surface area contributed by atoms with Crippen molar-refractivity contribution in [3.63, 3.8) is 0 Å². The molecule has 0 amide bonds. The average molecular weight is 305 g/mol. The number of piperidine rings is 2. The molecule has 4 heteroatoms. The van der Waals surface area contributed by atoms with Crippen molar-refractivity contribution in [3.05, 3.63) is 29.8 Å². The van der Waals surface area contributed by atoms with Crippen LogP contribution in [0.25, 0.3) is 0 Å². The lowest BCUT2D eigenvalue weighted by molar-refractivity contribution is -0.0874. The monoisotopic (exact) mass is 305 g/mol. The van der Waals surface area contributed by atoms with E-state index >= 15 is 0 Å². The third-order valence-corrected chi connectivity index (χ3v) is 5.32. The Kier molecular flexibility index (Phi) is 4.71. The zero-order valence-corrected chi connectivity index (χ0v) is 13.6. The standard InChI is InChI=1S/C18H27NO3/c1-19-15-4-3-5-16(19)13-18(20,12-15)14-6-8-17(9-7-14)22-11-10-21-2/h6-9,15-16,20H,3-5,10-13H2,1-2H3. The number of hydrogen-bond donors (Lipinski definition) is 1. The summed E-state index contributed by atoms with van der Waals surface area (Å²) in [6.45, 7) is 1.14. The first-order valence-electron chi connectivity index (χ1n) is 8.29. The third-order valence-electron chi connectivity index (χ3n) is 5.32. The maximum atomic E-state index is 11.2. The minimum Gasteiger partial charge on any atom is -0.491 e. The lowest BCUT2D eigenvalue weighted by atomic mass is 9.73. The van der Waals surface area contributed by atoms with E-state index < -0.39 is 5.60 Å². The van der Waals surface area contributed by atoms with Gasteiger partial charge < -0.3 is 19.5 Å². The van der Waals surface area contributed by atoms with E-state index in [9.17, 15) is 5.11 Å². The van der Waals surface area contributed by atoms with Crippen molar-refractivity contribution in [2.75, 3.05) is 27.4 Å². The highest BCUT2D eigenvalue weighted by molar-refractivity contribution is 5.32. The predicted molar refractivity (Wildman–Crippen MR) is 86.1 cm³/mol. The summed E-state index contributed by atoms with van der Waals surface area (Å²) < 4.78 is 10.6. The Bertz CT molecular complexity index is 474. The first kappa shape index (κ1) is 15.8. The van der Waals surface area contributed by atoms with Crippen molar-refractivity contribution in [2.45, 2.75) is 49.8 Å². The van der Waals surface area contributed by atoms with Gasteiger partial charge in [-0.05, 0) is 50.4 Å². The van der Waals surface area contributed by atoms with Crippen LogP contribution in [0.5, 0.6) is 5.75 Å². The summed E-state index contributed by atoms with van der Waals surface area (Å²) in [7, 11) is 3.87. The van der Waals surface area contributed by atoms with Crippen LogP contribution in [0.1, 0.15) is 37.7 Å². The van der Waals surface area contributed by atoms with Crippen LogP contribution in [0, 0.1) is 0 Å². The number of fused-ring (bicyclic) bond motifs is 2. The first-order chi connectivity index (χ1) is 10.6. The third kappa shape index (κ3) is 3.14. The molecule has 2 atom stereocenters. The number of hydrogen-bond acceptors (Lipinski definition) is 4. The van der Waals surface area contributed by atoms with E-state index in [0.717, 1.165) is 24.2 Å². The Balaban J connectivity index is 1.70. The molecule has 22 heavy (non-hydrogen) atoms. The molecule has 0 aliphatic carbocycles. The largest absolute Gasteiger partial charge is 0.491 e. The number of ether oxygens (including phenoxy) is 2. The van der Waals surface area contributed by atoms with Crippen molar-refractivity contribution in [3.8, 4) is 5.75 Å². The van der Waals surface area contributed by atoms with Gasteiger partial charge in [-0.1, -0.05) is 18.6 Å². The molecule has 2 aliphatic heterocycles. The molecule has 2 fully saturated rings. The van der Waals surface area contributed by atoms with Crippen LogP contribution in [-0.4, -0.2) is 49.5 Å². The Hall–Kier alpha value is -1.10. The molecule has 1 aromatic rings. The van der Waals surface area contributed by atoms with E-state index in [2.05, 4.69) is 11.9 Å². The van der Waals surface area contributed by atoms with Gasteiger partial charge in [0.2, 0.25) is 0 Å². The number of rotatable bonds is 5. The molecule has 122 valence electrons. The molecule has 2 aliphatic rings. The topological polar surface area (TPSA) is 41.9 Å². The summed E-state index contributed by atoms with van der Waals surface area (Å²) in [6.07, 6.45) is 5.37. The van der Waals surface area contributed by atoms with Gasteiger partial charge in [-0.25, -0.2) is 0 Å². The van der Waals surface area contributed by atoms with Gasteiger partial charge in [0.1, 0.15) is 12.4 Å². The van der Waals surface area contributed by atoms with Gasteiger partial charge >= 0.3 is 0 Å². The van der Waals surface area contributed by atoms with Gasteiger partial charge in [-0.3, -0.25) is 0 Å². The summed E-state index contributed by atoms with van der Waals surface area (Å²) in [5.41, 5.74) is 0.337. The zero-order chi connectivity index (χ0) is 15.6. The molecule has 1 N–H and O–H groups in total. The molecule has 3 rings (SSSR count). The molecule has 2 heterocycles. The molecule has 0 spiro atoms. The summed E-state index contributed by atoms with van der Waals surface area (Å²) in [5.74, 6) is 0.831. The van der Waals surface area contributed by atoms with Crippen molar-refractivity contribution in [2.24, 2.45) is 0 Å². The fourth-order valence-electron chi connectivity index (χ4n) is 3.99. The van der Waals surface area contributed by atoms with Gasteiger partial charge in [-0.15, -0.1) is 0 Å². The highest BCUT2D eigenvalue weighted by Gasteiger charge is 2.44. The van der Waals surface area contributed by atoms with Gasteiger partial charge in [0.25, 0.3) is 0 Å². The second-order valence-corrected chi connectivity index (χ2v) is 6.71. The summed E-state index contributed by atoms with van der Waals surface area (Å²) in [5, 5.41) is 11.2. The van der Waals surface area contributed by atoms with E-state index in [1.54, 1.807) is 7.11 Å². The molecular formula is C18H27NO3. The van der Waals surface area contributed by atoms with Crippen molar-refractivity contribution in [1.29, 1.82) is 0 Å². The van der Waals surface area contributed by atoms with Gasteiger partial charge in [0.15, 0.2) is 0 Å². The van der Waals surface area contributed by atoms with E-state index in [4.69, 9.17) is 9.47 Å². The van der Waals surface area contributed by atoms with Crippen LogP contribution < -0.4 is 4.74 Å². The minimum atomic E-state index is -0.687. The summed E-state index contributed by atoms with van der Waals surface area (Å²) >= 11 is 0. The summed E-state index contributed by atoms with van der Waals surface area (Å²) in [4.78, 5) is 2.47. The molecule has 4 nitrogen and oxygen atoms in total. The van der Waals surface area contributed by atoms with Crippen molar-refractivity contribution in [1.82, 2.24) is 4.90 Å². The second kappa shape index (κ2) is 6.57.